The summed E-state index contributed by atoms with van der Waals surface area (Å²) in [5, 5.41) is 6.28. The van der Waals surface area contributed by atoms with Crippen LogP contribution in [0.3, 0.4) is 0 Å². The number of benzene rings is 1. The Kier molecular flexibility index (Phi) is 3.98. The first kappa shape index (κ1) is 11.9. The molecule has 0 spiro atoms. The zero-order valence-corrected chi connectivity index (χ0v) is 10.0. The normalized spacial score (nSPS) is 19.1. The van der Waals surface area contributed by atoms with E-state index >= 15 is 0 Å². The molecular weight excluding hydrogens is 216 g/mol. The molecule has 1 saturated heterocycles. The average molecular weight is 234 g/mol. The molecule has 1 aliphatic rings. The molecule has 1 unspecified atom stereocenters. The SMILES string of the molecule is COc1ccc(CNCC2CCC(=O)N2)cc1. The van der Waals surface area contributed by atoms with Gasteiger partial charge in [-0.2, -0.15) is 0 Å². The molecule has 1 aromatic rings. The molecule has 92 valence electrons. The highest BCUT2D eigenvalue weighted by atomic mass is 16.5. The Morgan fingerprint density at radius 1 is 1.41 bits per heavy atom. The van der Waals surface area contributed by atoms with Gasteiger partial charge in [0.1, 0.15) is 5.75 Å². The first-order chi connectivity index (χ1) is 8.28. The number of amides is 1. The summed E-state index contributed by atoms with van der Waals surface area (Å²) >= 11 is 0. The van der Waals surface area contributed by atoms with Crippen LogP contribution in [0, 0.1) is 0 Å². The van der Waals surface area contributed by atoms with Gasteiger partial charge in [0.15, 0.2) is 0 Å². The van der Waals surface area contributed by atoms with E-state index in [9.17, 15) is 4.79 Å². The second-order valence-electron chi connectivity index (χ2n) is 4.28. The number of ether oxygens (including phenoxy) is 1. The van der Waals surface area contributed by atoms with Crippen LogP contribution in [0.4, 0.5) is 0 Å². The molecule has 0 aliphatic carbocycles. The van der Waals surface area contributed by atoms with Crippen molar-refractivity contribution < 1.29 is 9.53 Å². The van der Waals surface area contributed by atoms with Gasteiger partial charge in [0.2, 0.25) is 5.91 Å². The maximum Gasteiger partial charge on any atom is 0.220 e. The van der Waals surface area contributed by atoms with Crippen LogP contribution in [0.2, 0.25) is 0 Å². The Balaban J connectivity index is 1.72. The van der Waals surface area contributed by atoms with E-state index in [4.69, 9.17) is 4.74 Å². The van der Waals surface area contributed by atoms with Gasteiger partial charge in [0.25, 0.3) is 0 Å². The molecular formula is C13H18N2O2. The van der Waals surface area contributed by atoms with Crippen molar-refractivity contribution in [3.05, 3.63) is 29.8 Å². The van der Waals surface area contributed by atoms with E-state index in [2.05, 4.69) is 10.6 Å². The van der Waals surface area contributed by atoms with Crippen LogP contribution in [0.1, 0.15) is 18.4 Å². The minimum atomic E-state index is 0.168. The first-order valence-corrected chi connectivity index (χ1v) is 5.91. The first-order valence-electron chi connectivity index (χ1n) is 5.91. The molecule has 1 aliphatic heterocycles. The molecule has 0 radical (unpaired) electrons. The van der Waals surface area contributed by atoms with Gasteiger partial charge in [-0.05, 0) is 24.1 Å². The van der Waals surface area contributed by atoms with Crippen molar-refractivity contribution >= 4 is 5.91 Å². The average Bonchev–Trinajstić information content (AvgIpc) is 2.76. The molecule has 0 saturated carbocycles. The number of carbonyl (C=O) groups excluding carboxylic acids is 1. The van der Waals surface area contributed by atoms with E-state index in [-0.39, 0.29) is 5.91 Å². The Hall–Kier alpha value is -1.55. The lowest BCUT2D eigenvalue weighted by Crippen LogP contribution is -2.35. The van der Waals surface area contributed by atoms with Crippen LogP contribution in [0.15, 0.2) is 24.3 Å². The smallest absolute Gasteiger partial charge is 0.220 e. The quantitative estimate of drug-likeness (QED) is 0.801. The van der Waals surface area contributed by atoms with E-state index < -0.39 is 0 Å². The van der Waals surface area contributed by atoms with Crippen LogP contribution >= 0.6 is 0 Å². The van der Waals surface area contributed by atoms with Crippen molar-refractivity contribution in [2.75, 3.05) is 13.7 Å². The van der Waals surface area contributed by atoms with Crippen LogP contribution in [-0.2, 0) is 11.3 Å². The van der Waals surface area contributed by atoms with E-state index in [1.165, 1.54) is 5.56 Å². The van der Waals surface area contributed by atoms with Crippen LogP contribution in [0.5, 0.6) is 5.75 Å². The molecule has 1 aromatic carbocycles. The second kappa shape index (κ2) is 5.68. The molecule has 17 heavy (non-hydrogen) atoms. The van der Waals surface area contributed by atoms with Crippen LogP contribution in [-0.4, -0.2) is 25.6 Å². The van der Waals surface area contributed by atoms with Crippen LogP contribution in [0.25, 0.3) is 0 Å². The number of methoxy groups -OCH3 is 1. The molecule has 4 heteroatoms. The minimum absolute atomic E-state index is 0.168. The van der Waals surface area contributed by atoms with E-state index in [1.807, 2.05) is 24.3 Å². The summed E-state index contributed by atoms with van der Waals surface area (Å²) in [5.74, 6) is 1.04. The van der Waals surface area contributed by atoms with E-state index in [0.29, 0.717) is 12.5 Å². The summed E-state index contributed by atoms with van der Waals surface area (Å²) < 4.78 is 5.10. The topological polar surface area (TPSA) is 50.4 Å². The van der Waals surface area contributed by atoms with Gasteiger partial charge in [0, 0.05) is 25.6 Å². The zero-order chi connectivity index (χ0) is 12.1. The highest BCUT2D eigenvalue weighted by molar-refractivity contribution is 5.78. The molecule has 1 fully saturated rings. The molecule has 2 rings (SSSR count). The summed E-state index contributed by atoms with van der Waals surface area (Å²) in [4.78, 5) is 11.0. The van der Waals surface area contributed by atoms with Crippen molar-refractivity contribution in [2.24, 2.45) is 0 Å². The monoisotopic (exact) mass is 234 g/mol. The zero-order valence-electron chi connectivity index (χ0n) is 10.0. The predicted molar refractivity (Wildman–Crippen MR) is 65.9 cm³/mol. The highest BCUT2D eigenvalue weighted by Crippen LogP contribution is 2.11. The van der Waals surface area contributed by atoms with Gasteiger partial charge >= 0.3 is 0 Å². The summed E-state index contributed by atoms with van der Waals surface area (Å²) in [6.07, 6.45) is 1.60. The standard InChI is InChI=1S/C13H18N2O2/c1-17-12-5-2-10(3-6-12)8-14-9-11-4-7-13(16)15-11/h2-3,5-6,11,14H,4,7-9H2,1H3,(H,15,16). The van der Waals surface area contributed by atoms with E-state index in [1.54, 1.807) is 7.11 Å². The van der Waals surface area contributed by atoms with Crippen molar-refractivity contribution in [1.29, 1.82) is 0 Å². The maximum atomic E-state index is 11.0. The number of hydrogen-bond donors (Lipinski definition) is 2. The van der Waals surface area contributed by atoms with Gasteiger partial charge in [-0.15, -0.1) is 0 Å². The summed E-state index contributed by atoms with van der Waals surface area (Å²) in [7, 11) is 1.66. The summed E-state index contributed by atoms with van der Waals surface area (Å²) in [5.41, 5.74) is 1.22. The number of nitrogens with one attached hydrogen (secondary N) is 2. The Morgan fingerprint density at radius 2 is 2.18 bits per heavy atom. The highest BCUT2D eigenvalue weighted by Gasteiger charge is 2.19. The lowest BCUT2D eigenvalue weighted by Gasteiger charge is -2.11. The van der Waals surface area contributed by atoms with Crippen molar-refractivity contribution in [3.8, 4) is 5.75 Å². The number of rotatable bonds is 5. The van der Waals surface area contributed by atoms with Crippen molar-refractivity contribution in [1.82, 2.24) is 10.6 Å². The third-order valence-electron chi connectivity index (χ3n) is 2.96. The van der Waals surface area contributed by atoms with Crippen molar-refractivity contribution in [2.45, 2.75) is 25.4 Å². The van der Waals surface area contributed by atoms with Gasteiger partial charge in [-0.1, -0.05) is 12.1 Å². The molecule has 1 heterocycles. The summed E-state index contributed by atoms with van der Waals surface area (Å²) in [6, 6.07) is 8.28. The lowest BCUT2D eigenvalue weighted by atomic mass is 10.2. The van der Waals surface area contributed by atoms with Crippen LogP contribution < -0.4 is 15.4 Å². The third-order valence-corrected chi connectivity index (χ3v) is 2.96. The predicted octanol–water partition coefficient (Wildman–Crippen LogP) is 1.06. The van der Waals surface area contributed by atoms with Gasteiger partial charge in [-0.3, -0.25) is 4.79 Å². The fourth-order valence-corrected chi connectivity index (χ4v) is 1.96. The van der Waals surface area contributed by atoms with Gasteiger partial charge in [-0.25, -0.2) is 0 Å². The molecule has 2 N–H and O–H groups in total. The number of hydrogen-bond acceptors (Lipinski definition) is 3. The van der Waals surface area contributed by atoms with Gasteiger partial charge in [0.05, 0.1) is 7.11 Å². The van der Waals surface area contributed by atoms with Crippen molar-refractivity contribution in [3.63, 3.8) is 0 Å². The number of carbonyl (C=O) groups is 1. The fraction of sp³-hybridized carbons (Fsp3) is 0.462. The van der Waals surface area contributed by atoms with Gasteiger partial charge < -0.3 is 15.4 Å². The fourth-order valence-electron chi connectivity index (χ4n) is 1.96. The maximum absolute atomic E-state index is 11.0. The Bertz CT molecular complexity index is 376. The molecule has 4 nitrogen and oxygen atoms in total. The molecule has 1 atom stereocenters. The minimum Gasteiger partial charge on any atom is -0.497 e. The Labute approximate surface area is 101 Å². The Morgan fingerprint density at radius 3 is 2.76 bits per heavy atom. The largest absolute Gasteiger partial charge is 0.497 e. The second-order valence-corrected chi connectivity index (χ2v) is 4.28. The van der Waals surface area contributed by atoms with E-state index in [0.717, 1.165) is 25.3 Å². The molecule has 0 aromatic heterocycles. The molecule has 0 bridgehead atoms. The lowest BCUT2D eigenvalue weighted by molar-refractivity contribution is -0.119. The third kappa shape index (κ3) is 3.46. The summed E-state index contributed by atoms with van der Waals surface area (Å²) in [6.45, 7) is 1.65. The molecule has 1 amide bonds.